The van der Waals surface area contributed by atoms with Crippen molar-refractivity contribution in [2.45, 2.75) is 45.2 Å². The van der Waals surface area contributed by atoms with Crippen molar-refractivity contribution in [3.63, 3.8) is 0 Å². The molecule has 9 nitrogen and oxygen atoms in total. The lowest BCUT2D eigenvalue weighted by molar-refractivity contribution is -0.137. The molecule has 3 aromatic rings. The van der Waals surface area contributed by atoms with Gasteiger partial charge >= 0.3 is 0 Å². The monoisotopic (exact) mass is 483 g/mol. The lowest BCUT2D eigenvalue weighted by atomic mass is 10.0. The topological polar surface area (TPSA) is 119 Å². The van der Waals surface area contributed by atoms with Gasteiger partial charge in [0.05, 0.1) is 12.1 Å². The maximum Gasteiger partial charge on any atom is 0.248 e. The Morgan fingerprint density at radius 1 is 1.29 bits per heavy atom. The van der Waals surface area contributed by atoms with Gasteiger partial charge in [-0.05, 0) is 64.9 Å². The van der Waals surface area contributed by atoms with Crippen LogP contribution >= 0.6 is 15.9 Å². The largest absolute Gasteiger partial charge is 0.382 e. The average molecular weight is 484 g/mol. The first-order chi connectivity index (χ1) is 14.8. The minimum atomic E-state index is -0.526. The number of piperidine rings is 1. The molecule has 0 bridgehead atoms. The molecule has 3 aromatic heterocycles. The molecule has 0 aromatic carbocycles. The number of hydrogen-bond acceptors (Lipinski definition) is 6. The normalized spacial score (nSPS) is 24.3. The van der Waals surface area contributed by atoms with Crippen LogP contribution in [0.4, 0.5) is 11.6 Å². The third-order valence-electron chi connectivity index (χ3n) is 6.42. The number of aryl methyl sites for hydroxylation is 1. The van der Waals surface area contributed by atoms with E-state index >= 15 is 0 Å². The van der Waals surface area contributed by atoms with Gasteiger partial charge in [0.15, 0.2) is 5.82 Å². The minimum Gasteiger partial charge on any atom is -0.382 e. The van der Waals surface area contributed by atoms with Crippen LogP contribution in [0.3, 0.4) is 0 Å². The van der Waals surface area contributed by atoms with Crippen LogP contribution in [0.5, 0.6) is 0 Å². The fourth-order valence-corrected chi connectivity index (χ4v) is 4.89. The molecule has 0 unspecified atom stereocenters. The van der Waals surface area contributed by atoms with E-state index in [2.05, 4.69) is 43.2 Å². The van der Waals surface area contributed by atoms with Gasteiger partial charge in [-0.25, -0.2) is 14.5 Å². The Hall–Kier alpha value is -3.01. The van der Waals surface area contributed by atoms with Crippen LogP contribution in [0.1, 0.15) is 31.0 Å². The highest BCUT2D eigenvalue weighted by Crippen LogP contribution is 2.59. The van der Waals surface area contributed by atoms with Crippen LogP contribution in [0.25, 0.3) is 5.52 Å². The first-order valence-electron chi connectivity index (χ1n) is 10.1. The number of nitrogen functional groups attached to an aromatic ring is 1. The highest BCUT2D eigenvalue weighted by atomic mass is 79.9. The average Bonchev–Trinajstić information content (AvgIpc) is 3.06. The number of pyridine rings is 1. The Kier molecular flexibility index (Phi) is 4.51. The van der Waals surface area contributed by atoms with E-state index in [1.54, 1.807) is 15.5 Å². The zero-order chi connectivity index (χ0) is 21.9. The number of nitrogens with zero attached hydrogens (tertiary/aromatic N) is 5. The summed E-state index contributed by atoms with van der Waals surface area (Å²) >= 11 is 3.34. The van der Waals surface area contributed by atoms with Crippen LogP contribution in [0.2, 0.25) is 0 Å². The third-order valence-corrected chi connectivity index (χ3v) is 6.86. The molecule has 0 spiro atoms. The van der Waals surface area contributed by atoms with Crippen LogP contribution in [0.15, 0.2) is 35.2 Å². The van der Waals surface area contributed by atoms with E-state index in [0.717, 1.165) is 12.0 Å². The zero-order valence-corrected chi connectivity index (χ0v) is 18.8. The van der Waals surface area contributed by atoms with Crippen molar-refractivity contribution in [3.8, 4) is 0 Å². The molecule has 2 amide bonds. The Morgan fingerprint density at radius 3 is 2.90 bits per heavy atom. The molecule has 160 valence electrons. The van der Waals surface area contributed by atoms with E-state index < -0.39 is 6.04 Å². The van der Waals surface area contributed by atoms with E-state index in [1.165, 1.54) is 6.33 Å². The van der Waals surface area contributed by atoms with Gasteiger partial charge < -0.3 is 16.0 Å². The second kappa shape index (κ2) is 7.01. The van der Waals surface area contributed by atoms with Gasteiger partial charge in [0.25, 0.3) is 0 Å². The van der Waals surface area contributed by atoms with Crippen molar-refractivity contribution in [2.24, 2.45) is 5.41 Å². The van der Waals surface area contributed by atoms with Crippen molar-refractivity contribution in [3.05, 3.63) is 46.5 Å². The highest BCUT2D eigenvalue weighted by Gasteiger charge is 2.64. The number of amides is 2. The second-order valence-electron chi connectivity index (χ2n) is 8.63. The molecule has 5 rings (SSSR count). The van der Waals surface area contributed by atoms with Crippen LogP contribution < -0.4 is 11.1 Å². The number of rotatable bonds is 4. The number of hydrogen-bond donors (Lipinski definition) is 2. The first-order valence-corrected chi connectivity index (χ1v) is 10.9. The fourth-order valence-electron chi connectivity index (χ4n) is 4.58. The van der Waals surface area contributed by atoms with Crippen molar-refractivity contribution < 1.29 is 9.59 Å². The van der Waals surface area contributed by atoms with Gasteiger partial charge in [-0.2, -0.15) is 5.10 Å². The molecule has 2 aliphatic rings. The van der Waals surface area contributed by atoms with Gasteiger partial charge in [0.2, 0.25) is 11.8 Å². The molecular formula is C21H22BrN7O2. The minimum absolute atomic E-state index is 0.00869. The molecule has 1 aliphatic carbocycles. The van der Waals surface area contributed by atoms with Crippen molar-refractivity contribution >= 4 is 44.9 Å². The molecule has 10 heteroatoms. The zero-order valence-electron chi connectivity index (χ0n) is 17.2. The molecular weight excluding hydrogens is 462 g/mol. The maximum atomic E-state index is 13.3. The van der Waals surface area contributed by atoms with Gasteiger partial charge in [-0.3, -0.25) is 9.59 Å². The molecule has 1 saturated heterocycles. The van der Waals surface area contributed by atoms with Crippen molar-refractivity contribution in [1.82, 2.24) is 24.5 Å². The summed E-state index contributed by atoms with van der Waals surface area (Å²) in [6, 6.07) is 6.89. The number of anilines is 2. The molecule has 2 fully saturated rings. The van der Waals surface area contributed by atoms with E-state index in [-0.39, 0.29) is 29.7 Å². The summed E-state index contributed by atoms with van der Waals surface area (Å²) in [5.41, 5.74) is 8.13. The van der Waals surface area contributed by atoms with E-state index in [9.17, 15) is 9.59 Å². The van der Waals surface area contributed by atoms with Gasteiger partial charge in [0, 0.05) is 6.04 Å². The Labute approximate surface area is 187 Å². The summed E-state index contributed by atoms with van der Waals surface area (Å²) in [4.78, 5) is 36.6. The lowest BCUT2D eigenvalue weighted by Crippen LogP contribution is -2.46. The second-order valence-corrected chi connectivity index (χ2v) is 9.44. The Bertz CT molecular complexity index is 1230. The number of nitrogens with two attached hydrogens (primary N) is 1. The standard InChI is InChI=1S/C21H22BrN7O2/c1-11-3-6-16(22)26-19(11)27-20(31)14-8-21(2)9-15(21)28(14)17(30)7-12-4-5-13-18(23)24-10-25-29(12)13/h3-6,10,14-15H,7-9H2,1-2H3,(H2,23,24,25)(H,26,27,31)/t14-,15+,21-/m0/s1. The summed E-state index contributed by atoms with van der Waals surface area (Å²) in [6.45, 7) is 4.02. The summed E-state index contributed by atoms with van der Waals surface area (Å²) in [5, 5.41) is 7.13. The number of halogens is 1. The predicted molar refractivity (Wildman–Crippen MR) is 118 cm³/mol. The summed E-state index contributed by atoms with van der Waals surface area (Å²) in [6.07, 6.45) is 3.07. The van der Waals surface area contributed by atoms with Gasteiger partial charge in [-0.15, -0.1) is 0 Å². The predicted octanol–water partition coefficient (Wildman–Crippen LogP) is 2.34. The molecule has 1 aliphatic heterocycles. The van der Waals surface area contributed by atoms with Crippen molar-refractivity contribution in [2.75, 3.05) is 11.1 Å². The number of fused-ring (bicyclic) bond motifs is 2. The molecule has 1 saturated carbocycles. The number of carbonyl (C=O) groups is 2. The summed E-state index contributed by atoms with van der Waals surface area (Å²) in [7, 11) is 0. The molecule has 3 atom stereocenters. The smallest absolute Gasteiger partial charge is 0.248 e. The van der Waals surface area contributed by atoms with Crippen molar-refractivity contribution in [1.29, 1.82) is 0 Å². The van der Waals surface area contributed by atoms with E-state index in [0.29, 0.717) is 33.9 Å². The van der Waals surface area contributed by atoms with E-state index in [1.807, 2.05) is 25.1 Å². The van der Waals surface area contributed by atoms with Crippen LogP contribution in [0, 0.1) is 12.3 Å². The number of nitrogens with one attached hydrogen (secondary N) is 1. The first kappa shape index (κ1) is 19.9. The highest BCUT2D eigenvalue weighted by molar-refractivity contribution is 9.10. The van der Waals surface area contributed by atoms with Gasteiger partial charge in [0.1, 0.15) is 28.3 Å². The van der Waals surface area contributed by atoms with Crippen LogP contribution in [-0.2, 0) is 16.0 Å². The Morgan fingerprint density at radius 2 is 2.10 bits per heavy atom. The number of carbonyl (C=O) groups excluding carboxylic acids is 2. The number of likely N-dealkylation sites (tertiary alicyclic amines) is 1. The SMILES string of the molecule is Cc1ccc(Br)nc1NC(=O)[C@@H]1C[C@@]2(C)C[C@H]2N1C(=O)Cc1ccc2c(N)ncnn12. The van der Waals surface area contributed by atoms with Gasteiger partial charge in [-0.1, -0.05) is 13.0 Å². The number of aromatic nitrogens is 4. The maximum absolute atomic E-state index is 13.3. The molecule has 0 radical (unpaired) electrons. The van der Waals surface area contributed by atoms with Crippen LogP contribution in [-0.4, -0.2) is 48.4 Å². The molecule has 31 heavy (non-hydrogen) atoms. The third kappa shape index (κ3) is 3.34. The fraction of sp³-hybridized carbons (Fsp3) is 0.381. The quantitative estimate of drug-likeness (QED) is 0.549. The Balaban J connectivity index is 1.39. The van der Waals surface area contributed by atoms with E-state index in [4.69, 9.17) is 5.73 Å². The summed E-state index contributed by atoms with van der Waals surface area (Å²) in [5.74, 6) is 0.561. The lowest BCUT2D eigenvalue weighted by Gasteiger charge is -2.27. The summed E-state index contributed by atoms with van der Waals surface area (Å²) < 4.78 is 2.27. The molecule has 4 heterocycles. The molecule has 3 N–H and O–H groups in total.